The van der Waals surface area contributed by atoms with E-state index < -0.39 is 0 Å². The van der Waals surface area contributed by atoms with Crippen LogP contribution < -0.4 is 4.90 Å². The minimum Gasteiger partial charge on any atom is -0.455 e. The molecule has 274 valence electrons. The summed E-state index contributed by atoms with van der Waals surface area (Å²) in [4.78, 5) is 2.45. The quantitative estimate of drug-likeness (QED) is 0.174. The maximum atomic E-state index is 7.08. The molecule has 3 heteroatoms. The van der Waals surface area contributed by atoms with E-state index in [-0.39, 0.29) is 5.41 Å². The zero-order valence-corrected chi connectivity index (χ0v) is 33.0. The Morgan fingerprint density at radius 3 is 2.02 bits per heavy atom. The molecule has 1 aliphatic carbocycles. The average molecular weight is 760 g/mol. The van der Waals surface area contributed by atoms with Crippen LogP contribution in [0.25, 0.3) is 86.3 Å². The maximum absolute atomic E-state index is 7.08. The molecule has 0 atom stereocenters. The predicted molar refractivity (Wildman–Crippen MR) is 247 cm³/mol. The molecule has 0 aliphatic heterocycles. The second-order valence-corrected chi connectivity index (χ2v) is 17.1. The van der Waals surface area contributed by atoms with Gasteiger partial charge in [0, 0.05) is 54.7 Å². The van der Waals surface area contributed by atoms with Crippen molar-refractivity contribution in [2.45, 2.75) is 19.3 Å². The molecule has 0 unspecified atom stereocenters. The molecule has 0 N–H and O–H groups in total. The van der Waals surface area contributed by atoms with Crippen LogP contribution in [0.4, 0.5) is 17.1 Å². The molecule has 1 aliphatic rings. The highest BCUT2D eigenvalue weighted by Crippen LogP contribution is 2.52. The number of hydrogen-bond acceptors (Lipinski definition) is 3. The lowest BCUT2D eigenvalue weighted by Gasteiger charge is -2.28. The molecule has 0 amide bonds. The van der Waals surface area contributed by atoms with Gasteiger partial charge >= 0.3 is 0 Å². The van der Waals surface area contributed by atoms with Crippen molar-refractivity contribution in [3.05, 3.63) is 199 Å². The van der Waals surface area contributed by atoms with E-state index in [2.05, 4.69) is 207 Å². The second-order valence-electron chi connectivity index (χ2n) is 16.1. The zero-order chi connectivity index (χ0) is 38.5. The van der Waals surface area contributed by atoms with Crippen LogP contribution >= 0.6 is 11.3 Å². The van der Waals surface area contributed by atoms with E-state index in [1.165, 1.54) is 64.3 Å². The molecule has 0 saturated heterocycles. The Bertz CT molecular complexity index is 3420. The van der Waals surface area contributed by atoms with Crippen LogP contribution in [-0.2, 0) is 5.41 Å². The van der Waals surface area contributed by atoms with Gasteiger partial charge in [-0.3, -0.25) is 0 Å². The Hall–Kier alpha value is -6.94. The Kier molecular flexibility index (Phi) is 7.18. The predicted octanol–water partition coefficient (Wildman–Crippen LogP) is 16.2. The van der Waals surface area contributed by atoms with Crippen LogP contribution in [0.3, 0.4) is 0 Å². The van der Waals surface area contributed by atoms with E-state index in [9.17, 15) is 0 Å². The molecule has 2 aromatic heterocycles. The third kappa shape index (κ3) is 4.90. The second kappa shape index (κ2) is 12.5. The van der Waals surface area contributed by atoms with Gasteiger partial charge < -0.3 is 9.32 Å². The van der Waals surface area contributed by atoms with Gasteiger partial charge in [-0.2, -0.15) is 0 Å². The topological polar surface area (TPSA) is 16.4 Å². The van der Waals surface area contributed by atoms with Gasteiger partial charge in [0.05, 0.1) is 10.4 Å². The van der Waals surface area contributed by atoms with Crippen molar-refractivity contribution in [2.24, 2.45) is 0 Å². The highest BCUT2D eigenvalue weighted by molar-refractivity contribution is 7.26. The number of rotatable bonds is 5. The summed E-state index contributed by atoms with van der Waals surface area (Å²) in [6.45, 7) is 4.71. The Balaban J connectivity index is 1.08. The molecule has 2 nitrogen and oxygen atoms in total. The molecule has 0 fully saturated rings. The molecule has 0 bridgehead atoms. The summed E-state index contributed by atoms with van der Waals surface area (Å²) in [5.41, 5.74) is 15.0. The number of furan rings is 1. The van der Waals surface area contributed by atoms with Gasteiger partial charge in [0.2, 0.25) is 0 Å². The van der Waals surface area contributed by atoms with Gasteiger partial charge in [-0.25, -0.2) is 0 Å². The molecule has 12 rings (SSSR count). The summed E-state index contributed by atoms with van der Waals surface area (Å²) >= 11 is 1.86. The summed E-state index contributed by atoms with van der Waals surface area (Å²) in [5, 5.41) is 7.18. The number of hydrogen-bond donors (Lipinski definition) is 0. The lowest BCUT2D eigenvalue weighted by Crippen LogP contribution is -2.16. The molecule has 0 radical (unpaired) electrons. The van der Waals surface area contributed by atoms with Crippen LogP contribution in [0, 0.1) is 0 Å². The standard InChI is InChI=1S/C55H37NOS/c1-55(2)47-20-10-8-17-41(47)42-29-27-38(32-48(42)55)56(49-21-12-19-45-44-18-9-11-22-51(44)58-54(45)49)39-28-30-43-46-31-37-15-6-7-16-40(37)52(53(46)57-50(43)33-39)36-25-23-35(24-26-36)34-13-4-3-5-14-34/h3-33H,1-2H3. The Labute approximate surface area is 340 Å². The van der Waals surface area contributed by atoms with Crippen LogP contribution in [0.5, 0.6) is 0 Å². The molecule has 0 saturated carbocycles. The molecule has 9 aromatic carbocycles. The monoisotopic (exact) mass is 759 g/mol. The van der Waals surface area contributed by atoms with Gasteiger partial charge in [0.25, 0.3) is 0 Å². The largest absolute Gasteiger partial charge is 0.455 e. The van der Waals surface area contributed by atoms with Crippen molar-refractivity contribution in [1.82, 2.24) is 0 Å². The smallest absolute Gasteiger partial charge is 0.143 e. The highest BCUT2D eigenvalue weighted by Gasteiger charge is 2.36. The minimum absolute atomic E-state index is 0.127. The van der Waals surface area contributed by atoms with E-state index in [1.807, 2.05) is 11.3 Å². The number of thiophene rings is 1. The van der Waals surface area contributed by atoms with E-state index in [0.717, 1.165) is 50.1 Å². The van der Waals surface area contributed by atoms with Crippen LogP contribution in [-0.4, -0.2) is 0 Å². The number of nitrogens with zero attached hydrogens (tertiary/aromatic N) is 1. The fraction of sp³-hybridized carbons (Fsp3) is 0.0545. The maximum Gasteiger partial charge on any atom is 0.143 e. The highest BCUT2D eigenvalue weighted by atomic mass is 32.1. The van der Waals surface area contributed by atoms with Crippen molar-refractivity contribution < 1.29 is 4.42 Å². The molecule has 2 heterocycles. The summed E-state index contributed by atoms with van der Waals surface area (Å²) in [7, 11) is 0. The number of fused-ring (bicyclic) bond motifs is 10. The minimum atomic E-state index is -0.127. The summed E-state index contributed by atoms with van der Waals surface area (Å²) in [5.74, 6) is 0. The van der Waals surface area contributed by atoms with E-state index >= 15 is 0 Å². The van der Waals surface area contributed by atoms with Crippen LogP contribution in [0.15, 0.2) is 192 Å². The van der Waals surface area contributed by atoms with Crippen molar-refractivity contribution in [3.8, 4) is 33.4 Å². The number of anilines is 3. The average Bonchev–Trinajstić information content (AvgIpc) is 3.91. The van der Waals surface area contributed by atoms with Gasteiger partial charge in [0.1, 0.15) is 11.2 Å². The van der Waals surface area contributed by atoms with Crippen molar-refractivity contribution in [3.63, 3.8) is 0 Å². The molecular weight excluding hydrogens is 723 g/mol. The van der Waals surface area contributed by atoms with Crippen LogP contribution in [0.2, 0.25) is 0 Å². The fourth-order valence-electron chi connectivity index (χ4n) is 9.62. The lowest BCUT2D eigenvalue weighted by molar-refractivity contribution is 0.660. The number of benzene rings is 9. The molecule has 58 heavy (non-hydrogen) atoms. The van der Waals surface area contributed by atoms with Gasteiger partial charge in [-0.1, -0.05) is 153 Å². The van der Waals surface area contributed by atoms with Crippen molar-refractivity contribution in [1.29, 1.82) is 0 Å². The summed E-state index contributed by atoms with van der Waals surface area (Å²) in [6.07, 6.45) is 0. The third-order valence-corrected chi connectivity index (χ3v) is 13.7. The Morgan fingerprint density at radius 2 is 1.14 bits per heavy atom. The normalized spacial score (nSPS) is 13.1. The van der Waals surface area contributed by atoms with E-state index in [1.54, 1.807) is 0 Å². The van der Waals surface area contributed by atoms with E-state index in [0.29, 0.717) is 0 Å². The molecule has 0 spiro atoms. The molecular formula is C55H37NOS. The first kappa shape index (κ1) is 33.2. The zero-order valence-electron chi connectivity index (χ0n) is 32.2. The van der Waals surface area contributed by atoms with Gasteiger partial charge in [-0.15, -0.1) is 11.3 Å². The SMILES string of the molecule is CC1(C)c2ccccc2-c2ccc(N(c3ccc4c(c3)oc3c(-c5ccc(-c6ccccc6)cc5)c5ccccc5cc34)c3cccc4c3sc3ccccc34)cc21. The molecule has 11 aromatic rings. The van der Waals surface area contributed by atoms with Crippen molar-refractivity contribution >= 4 is 81.3 Å². The Morgan fingerprint density at radius 1 is 0.466 bits per heavy atom. The first-order valence-corrected chi connectivity index (χ1v) is 20.8. The van der Waals surface area contributed by atoms with Gasteiger partial charge in [-0.05, 0) is 92.2 Å². The first-order chi connectivity index (χ1) is 28.5. The van der Waals surface area contributed by atoms with Crippen LogP contribution in [0.1, 0.15) is 25.0 Å². The van der Waals surface area contributed by atoms with Gasteiger partial charge in [0.15, 0.2) is 0 Å². The third-order valence-electron chi connectivity index (χ3n) is 12.5. The lowest BCUT2D eigenvalue weighted by atomic mass is 9.82. The van der Waals surface area contributed by atoms with E-state index in [4.69, 9.17) is 4.42 Å². The summed E-state index contributed by atoms with van der Waals surface area (Å²) < 4.78 is 9.64. The van der Waals surface area contributed by atoms with Crippen molar-refractivity contribution in [2.75, 3.05) is 4.90 Å². The first-order valence-electron chi connectivity index (χ1n) is 20.0. The summed E-state index contributed by atoms with van der Waals surface area (Å²) in [6, 6.07) is 68.7. The fourth-order valence-corrected chi connectivity index (χ4v) is 10.8.